The van der Waals surface area contributed by atoms with Crippen LogP contribution < -0.4 is 5.32 Å². The molecule has 4 bridgehead atoms. The molecule has 0 heterocycles. The van der Waals surface area contributed by atoms with E-state index in [0.29, 0.717) is 22.3 Å². The quantitative estimate of drug-likeness (QED) is 0.798. The molecule has 2 unspecified atom stereocenters. The summed E-state index contributed by atoms with van der Waals surface area (Å²) in [5.74, 6) is 1.03. The van der Waals surface area contributed by atoms with E-state index in [1.165, 1.54) is 51.6 Å². The summed E-state index contributed by atoms with van der Waals surface area (Å²) in [5, 5.41) is 3.56. The summed E-state index contributed by atoms with van der Waals surface area (Å²) < 4.78 is 0. The summed E-state index contributed by atoms with van der Waals surface area (Å²) >= 11 is 0. The number of nitrogens with zero attached hydrogens (tertiary/aromatic N) is 1. The summed E-state index contributed by atoms with van der Waals surface area (Å²) in [6.07, 6.45) is 9.03. The molecule has 0 radical (unpaired) electrons. The Morgan fingerprint density at radius 1 is 1.05 bits per heavy atom. The van der Waals surface area contributed by atoms with Crippen LogP contribution in [0.4, 0.5) is 0 Å². The molecule has 0 aromatic carbocycles. The maximum Gasteiger partial charge on any atom is 0.0104 e. The van der Waals surface area contributed by atoms with Crippen LogP contribution >= 0.6 is 0 Å². The minimum atomic E-state index is 0.607. The molecule has 0 aliphatic heterocycles. The second-order valence-electron chi connectivity index (χ2n) is 9.98. The Morgan fingerprint density at radius 3 is 2.19 bits per heavy atom. The van der Waals surface area contributed by atoms with Gasteiger partial charge in [0.25, 0.3) is 0 Å². The lowest BCUT2D eigenvalue weighted by atomic mass is 9.40. The van der Waals surface area contributed by atoms with Crippen molar-refractivity contribution < 1.29 is 0 Å². The lowest BCUT2D eigenvalue weighted by molar-refractivity contribution is -0.151. The first-order valence-corrected chi connectivity index (χ1v) is 9.14. The standard InChI is InChI=1S/C19H36N2/c1-15(2)20-6-7-21(5)14-19-10-16-8-17(3,12-19)11-18(4,9-16)13-19/h15-16,20H,6-14H2,1-5H3. The molecular formula is C19H36N2. The Morgan fingerprint density at radius 2 is 1.67 bits per heavy atom. The van der Waals surface area contributed by atoms with Gasteiger partial charge in [0.05, 0.1) is 0 Å². The minimum absolute atomic E-state index is 0.607. The van der Waals surface area contributed by atoms with E-state index < -0.39 is 0 Å². The van der Waals surface area contributed by atoms with Crippen LogP contribution in [0.1, 0.15) is 66.2 Å². The molecule has 2 atom stereocenters. The van der Waals surface area contributed by atoms with E-state index in [2.05, 4.69) is 45.0 Å². The van der Waals surface area contributed by atoms with Crippen LogP contribution in [0.3, 0.4) is 0 Å². The third-order valence-corrected chi connectivity index (χ3v) is 6.39. The monoisotopic (exact) mass is 292 g/mol. The van der Waals surface area contributed by atoms with Gasteiger partial charge in [0.2, 0.25) is 0 Å². The van der Waals surface area contributed by atoms with E-state index in [0.717, 1.165) is 12.5 Å². The Hall–Kier alpha value is -0.0800. The summed E-state index contributed by atoms with van der Waals surface area (Å²) in [6.45, 7) is 13.3. The van der Waals surface area contributed by atoms with Crippen LogP contribution in [0, 0.1) is 22.2 Å². The highest BCUT2D eigenvalue weighted by Gasteiger charge is 2.59. The second-order valence-corrected chi connectivity index (χ2v) is 9.98. The minimum Gasteiger partial charge on any atom is -0.313 e. The van der Waals surface area contributed by atoms with Crippen molar-refractivity contribution in [2.75, 3.05) is 26.7 Å². The van der Waals surface area contributed by atoms with Crippen LogP contribution in [0.2, 0.25) is 0 Å². The number of likely N-dealkylation sites (N-methyl/N-ethyl adjacent to an activating group) is 1. The van der Waals surface area contributed by atoms with Gasteiger partial charge in [-0.15, -0.1) is 0 Å². The highest BCUT2D eigenvalue weighted by molar-refractivity contribution is 5.10. The van der Waals surface area contributed by atoms with Crippen molar-refractivity contribution in [1.29, 1.82) is 0 Å². The van der Waals surface area contributed by atoms with Crippen molar-refractivity contribution in [2.24, 2.45) is 22.2 Å². The summed E-state index contributed by atoms with van der Waals surface area (Å²) in [6, 6.07) is 0.607. The SMILES string of the molecule is CC(C)NCCN(C)CC12CC3CC(C)(CC(C)(C3)C1)C2. The van der Waals surface area contributed by atoms with Gasteiger partial charge in [0.1, 0.15) is 0 Å². The topological polar surface area (TPSA) is 15.3 Å². The molecule has 21 heavy (non-hydrogen) atoms. The van der Waals surface area contributed by atoms with Crippen LogP contribution in [0.5, 0.6) is 0 Å². The summed E-state index contributed by atoms with van der Waals surface area (Å²) in [4.78, 5) is 2.61. The molecule has 4 aliphatic carbocycles. The molecule has 122 valence electrons. The van der Waals surface area contributed by atoms with Gasteiger partial charge in [-0.1, -0.05) is 27.7 Å². The van der Waals surface area contributed by atoms with Crippen molar-refractivity contribution in [3.05, 3.63) is 0 Å². The first-order chi connectivity index (χ1) is 9.72. The van der Waals surface area contributed by atoms with Gasteiger partial charge in [-0.3, -0.25) is 0 Å². The van der Waals surface area contributed by atoms with Gasteiger partial charge in [-0.2, -0.15) is 0 Å². The molecule has 2 nitrogen and oxygen atoms in total. The van der Waals surface area contributed by atoms with Crippen LogP contribution in [0.25, 0.3) is 0 Å². The van der Waals surface area contributed by atoms with E-state index in [1.54, 1.807) is 0 Å². The Balaban J connectivity index is 1.62. The van der Waals surface area contributed by atoms with Crippen molar-refractivity contribution in [1.82, 2.24) is 10.2 Å². The van der Waals surface area contributed by atoms with Crippen LogP contribution in [0.15, 0.2) is 0 Å². The van der Waals surface area contributed by atoms with Gasteiger partial charge in [-0.05, 0) is 67.7 Å². The molecule has 4 aliphatic rings. The normalized spacial score (nSPS) is 45.0. The first-order valence-electron chi connectivity index (χ1n) is 9.14. The smallest absolute Gasteiger partial charge is 0.0104 e. The van der Waals surface area contributed by atoms with Crippen LogP contribution in [-0.4, -0.2) is 37.6 Å². The van der Waals surface area contributed by atoms with Gasteiger partial charge in [0.15, 0.2) is 0 Å². The maximum absolute atomic E-state index is 3.56. The molecule has 0 aromatic rings. The zero-order chi connectivity index (χ0) is 15.3. The zero-order valence-electron chi connectivity index (χ0n) is 15.0. The largest absolute Gasteiger partial charge is 0.313 e. The van der Waals surface area contributed by atoms with E-state index >= 15 is 0 Å². The highest BCUT2D eigenvalue weighted by atomic mass is 15.1. The van der Waals surface area contributed by atoms with Gasteiger partial charge >= 0.3 is 0 Å². The Labute approximate surface area is 132 Å². The number of hydrogen-bond acceptors (Lipinski definition) is 2. The van der Waals surface area contributed by atoms with E-state index in [9.17, 15) is 0 Å². The van der Waals surface area contributed by atoms with E-state index in [4.69, 9.17) is 0 Å². The fourth-order valence-electron chi connectivity index (χ4n) is 7.06. The van der Waals surface area contributed by atoms with Gasteiger partial charge < -0.3 is 10.2 Å². The average Bonchev–Trinajstić information content (AvgIpc) is 2.21. The molecule has 1 N–H and O–H groups in total. The molecule has 0 spiro atoms. The third kappa shape index (κ3) is 3.32. The molecule has 0 amide bonds. The fraction of sp³-hybridized carbons (Fsp3) is 1.00. The summed E-state index contributed by atoms with van der Waals surface area (Å²) in [7, 11) is 2.34. The molecule has 4 saturated carbocycles. The Bertz CT molecular complexity index is 371. The second kappa shape index (κ2) is 5.23. The van der Waals surface area contributed by atoms with Crippen molar-refractivity contribution in [3.8, 4) is 0 Å². The fourth-order valence-corrected chi connectivity index (χ4v) is 7.06. The molecule has 2 heteroatoms. The third-order valence-electron chi connectivity index (χ3n) is 6.39. The Kier molecular flexibility index (Phi) is 3.94. The highest BCUT2D eigenvalue weighted by Crippen LogP contribution is 2.69. The van der Waals surface area contributed by atoms with Gasteiger partial charge in [-0.25, -0.2) is 0 Å². The predicted molar refractivity (Wildman–Crippen MR) is 90.5 cm³/mol. The molecular weight excluding hydrogens is 256 g/mol. The number of hydrogen-bond donors (Lipinski definition) is 1. The van der Waals surface area contributed by atoms with Crippen molar-refractivity contribution in [2.45, 2.75) is 72.3 Å². The number of nitrogens with one attached hydrogen (secondary N) is 1. The van der Waals surface area contributed by atoms with Gasteiger partial charge in [0, 0.05) is 25.7 Å². The zero-order valence-corrected chi connectivity index (χ0v) is 15.0. The maximum atomic E-state index is 3.56. The van der Waals surface area contributed by atoms with Crippen molar-refractivity contribution >= 4 is 0 Å². The summed E-state index contributed by atoms with van der Waals surface area (Å²) in [5.41, 5.74) is 1.95. The van der Waals surface area contributed by atoms with Crippen molar-refractivity contribution in [3.63, 3.8) is 0 Å². The molecule has 4 fully saturated rings. The number of rotatable bonds is 6. The lowest BCUT2D eigenvalue weighted by Crippen LogP contribution is -2.58. The van der Waals surface area contributed by atoms with E-state index in [-0.39, 0.29) is 0 Å². The predicted octanol–water partition coefficient (Wildman–Crippen LogP) is 3.91. The van der Waals surface area contributed by atoms with Crippen LogP contribution in [-0.2, 0) is 0 Å². The lowest BCUT2D eigenvalue weighted by Gasteiger charge is -2.66. The first kappa shape index (κ1) is 15.8. The molecule has 0 aromatic heterocycles. The average molecular weight is 293 g/mol. The molecule has 4 rings (SSSR count). The van der Waals surface area contributed by atoms with E-state index in [1.807, 2.05) is 0 Å². The molecule has 0 saturated heterocycles.